The van der Waals surface area contributed by atoms with Crippen LogP contribution in [0.25, 0.3) is 0 Å². The molecule has 1 atom stereocenters. The molecule has 0 radical (unpaired) electrons. The Labute approximate surface area is 128 Å². The molecule has 0 unspecified atom stereocenters. The summed E-state index contributed by atoms with van der Waals surface area (Å²) in [6.07, 6.45) is -0.225. The van der Waals surface area contributed by atoms with Crippen LogP contribution in [0.15, 0.2) is 48.5 Å². The van der Waals surface area contributed by atoms with Gasteiger partial charge in [0, 0.05) is 5.56 Å². The molecule has 0 saturated carbocycles. The second kappa shape index (κ2) is 6.19. The van der Waals surface area contributed by atoms with Gasteiger partial charge in [0.1, 0.15) is 12.7 Å². The van der Waals surface area contributed by atoms with Gasteiger partial charge in [0.15, 0.2) is 11.5 Å². The van der Waals surface area contributed by atoms with Gasteiger partial charge in [-0.15, -0.1) is 0 Å². The Bertz CT molecular complexity index is 719. The number of amides is 1. The van der Waals surface area contributed by atoms with Gasteiger partial charge in [-0.25, -0.2) is 0 Å². The van der Waals surface area contributed by atoms with E-state index in [1.807, 2.05) is 30.3 Å². The normalized spacial score (nSPS) is 15.7. The Morgan fingerprint density at radius 1 is 1.18 bits per heavy atom. The first kappa shape index (κ1) is 14.0. The molecule has 2 aromatic rings. The van der Waals surface area contributed by atoms with Crippen molar-refractivity contribution in [2.45, 2.75) is 6.10 Å². The average molecular weight is 294 g/mol. The van der Waals surface area contributed by atoms with E-state index in [4.69, 9.17) is 14.7 Å². The summed E-state index contributed by atoms with van der Waals surface area (Å²) in [5, 5.41) is 11.5. The number of nitrogens with one attached hydrogen (secondary N) is 1. The third-order valence-electron chi connectivity index (χ3n) is 3.33. The summed E-state index contributed by atoms with van der Waals surface area (Å²) in [6, 6.07) is 15.9. The number of hydrogen-bond acceptors (Lipinski definition) is 4. The van der Waals surface area contributed by atoms with Crippen LogP contribution in [-0.4, -0.2) is 25.2 Å². The highest BCUT2D eigenvalue weighted by Crippen LogP contribution is 2.30. The maximum Gasteiger partial charge on any atom is 0.251 e. The fraction of sp³-hybridized carbons (Fsp3) is 0.176. The Hall–Kier alpha value is -3.00. The molecule has 22 heavy (non-hydrogen) atoms. The maximum absolute atomic E-state index is 12.0. The maximum atomic E-state index is 12.0. The zero-order valence-electron chi connectivity index (χ0n) is 11.8. The minimum Gasteiger partial charge on any atom is -0.486 e. The molecule has 5 heteroatoms. The van der Waals surface area contributed by atoms with Gasteiger partial charge in [-0.1, -0.05) is 12.1 Å². The van der Waals surface area contributed by atoms with Crippen LogP contribution in [0.1, 0.15) is 15.9 Å². The zero-order chi connectivity index (χ0) is 15.4. The van der Waals surface area contributed by atoms with Crippen LogP contribution < -0.4 is 14.8 Å². The summed E-state index contributed by atoms with van der Waals surface area (Å²) >= 11 is 0. The van der Waals surface area contributed by atoms with E-state index in [1.165, 1.54) is 0 Å². The first-order valence-electron chi connectivity index (χ1n) is 6.93. The van der Waals surface area contributed by atoms with Gasteiger partial charge >= 0.3 is 0 Å². The Balaban J connectivity index is 1.57. The second-order valence-electron chi connectivity index (χ2n) is 4.90. The Morgan fingerprint density at radius 2 is 1.91 bits per heavy atom. The number of carbonyl (C=O) groups excluding carboxylic acids is 1. The molecule has 0 aromatic heterocycles. The predicted octanol–water partition coefficient (Wildman–Crippen LogP) is 2.13. The lowest BCUT2D eigenvalue weighted by atomic mass is 10.1. The second-order valence-corrected chi connectivity index (χ2v) is 4.90. The van der Waals surface area contributed by atoms with Crippen LogP contribution in [0.5, 0.6) is 11.5 Å². The number of carbonyl (C=O) groups is 1. The molecule has 1 amide bonds. The van der Waals surface area contributed by atoms with E-state index in [9.17, 15) is 4.79 Å². The number of nitriles is 1. The lowest BCUT2D eigenvalue weighted by molar-refractivity contribution is 0.0789. The van der Waals surface area contributed by atoms with Crippen molar-refractivity contribution in [3.05, 3.63) is 59.7 Å². The number of fused-ring (bicyclic) bond motifs is 1. The van der Waals surface area contributed by atoms with E-state index in [0.717, 1.165) is 5.75 Å². The molecule has 0 aliphatic carbocycles. The molecule has 1 N–H and O–H groups in total. The van der Waals surface area contributed by atoms with Crippen molar-refractivity contribution in [1.29, 1.82) is 5.26 Å². The molecular weight excluding hydrogens is 280 g/mol. The Morgan fingerprint density at radius 3 is 2.64 bits per heavy atom. The van der Waals surface area contributed by atoms with E-state index in [0.29, 0.717) is 30.0 Å². The summed E-state index contributed by atoms with van der Waals surface area (Å²) < 4.78 is 11.4. The topological polar surface area (TPSA) is 71.4 Å². The molecule has 0 bridgehead atoms. The van der Waals surface area contributed by atoms with E-state index in [-0.39, 0.29) is 12.0 Å². The van der Waals surface area contributed by atoms with Gasteiger partial charge < -0.3 is 14.8 Å². The van der Waals surface area contributed by atoms with E-state index in [1.54, 1.807) is 24.3 Å². The lowest BCUT2D eigenvalue weighted by Crippen LogP contribution is -2.40. The van der Waals surface area contributed by atoms with Crippen LogP contribution in [0.3, 0.4) is 0 Å². The van der Waals surface area contributed by atoms with Gasteiger partial charge in [-0.05, 0) is 36.4 Å². The van der Waals surface area contributed by atoms with Crippen LogP contribution in [0.4, 0.5) is 0 Å². The quantitative estimate of drug-likeness (QED) is 0.941. The van der Waals surface area contributed by atoms with E-state index < -0.39 is 0 Å². The molecule has 0 spiro atoms. The average Bonchev–Trinajstić information content (AvgIpc) is 2.59. The third kappa shape index (κ3) is 3.01. The largest absolute Gasteiger partial charge is 0.486 e. The first-order valence-corrected chi connectivity index (χ1v) is 6.93. The number of nitrogens with zero attached hydrogens (tertiary/aromatic N) is 1. The van der Waals surface area contributed by atoms with Crippen LogP contribution in [-0.2, 0) is 0 Å². The van der Waals surface area contributed by atoms with E-state index >= 15 is 0 Å². The monoisotopic (exact) mass is 294 g/mol. The molecule has 1 aliphatic rings. The summed E-state index contributed by atoms with van der Waals surface area (Å²) in [5.74, 6) is 1.20. The zero-order valence-corrected chi connectivity index (χ0v) is 11.8. The number of hydrogen-bond donors (Lipinski definition) is 1. The SMILES string of the molecule is N#Cc1ccc(C(=O)NC[C@H]2COc3ccccc3O2)cc1. The van der Waals surface area contributed by atoms with Gasteiger partial charge in [0.05, 0.1) is 18.2 Å². The van der Waals surface area contributed by atoms with Crippen LogP contribution in [0.2, 0.25) is 0 Å². The van der Waals surface area contributed by atoms with E-state index in [2.05, 4.69) is 5.32 Å². The molecular formula is C17H14N2O3. The molecule has 0 saturated heterocycles. The van der Waals surface area contributed by atoms with Crippen LogP contribution in [0, 0.1) is 11.3 Å². The number of benzene rings is 2. The van der Waals surface area contributed by atoms with Gasteiger partial charge in [0.2, 0.25) is 0 Å². The first-order chi connectivity index (χ1) is 10.8. The highest BCUT2D eigenvalue weighted by Gasteiger charge is 2.21. The van der Waals surface area contributed by atoms with Crippen molar-refractivity contribution >= 4 is 5.91 Å². The number of rotatable bonds is 3. The molecule has 1 aliphatic heterocycles. The molecule has 3 rings (SSSR count). The fourth-order valence-electron chi connectivity index (χ4n) is 2.17. The van der Waals surface area contributed by atoms with Crippen molar-refractivity contribution in [3.63, 3.8) is 0 Å². The van der Waals surface area contributed by atoms with Crippen molar-refractivity contribution in [3.8, 4) is 17.6 Å². The van der Waals surface area contributed by atoms with Crippen molar-refractivity contribution in [2.75, 3.05) is 13.2 Å². The van der Waals surface area contributed by atoms with Gasteiger partial charge in [-0.3, -0.25) is 4.79 Å². The number of para-hydroxylation sites is 2. The Kier molecular flexibility index (Phi) is 3.92. The molecule has 1 heterocycles. The van der Waals surface area contributed by atoms with Crippen LogP contribution >= 0.6 is 0 Å². The molecule has 110 valence electrons. The predicted molar refractivity (Wildman–Crippen MR) is 79.8 cm³/mol. The van der Waals surface area contributed by atoms with Gasteiger partial charge in [-0.2, -0.15) is 5.26 Å². The minimum atomic E-state index is -0.225. The molecule has 0 fully saturated rings. The minimum absolute atomic E-state index is 0.202. The van der Waals surface area contributed by atoms with Crippen molar-refractivity contribution < 1.29 is 14.3 Å². The van der Waals surface area contributed by atoms with Gasteiger partial charge in [0.25, 0.3) is 5.91 Å². The smallest absolute Gasteiger partial charge is 0.251 e. The summed E-state index contributed by atoms with van der Waals surface area (Å²) in [4.78, 5) is 12.0. The highest BCUT2D eigenvalue weighted by molar-refractivity contribution is 5.94. The third-order valence-corrected chi connectivity index (χ3v) is 3.33. The fourth-order valence-corrected chi connectivity index (χ4v) is 2.17. The molecule has 5 nitrogen and oxygen atoms in total. The standard InChI is InChI=1S/C17H14N2O3/c18-9-12-5-7-13(8-6-12)17(20)19-10-14-11-21-15-3-1-2-4-16(15)22-14/h1-8,14H,10-11H2,(H,19,20)/t14-/m0/s1. The molecule has 2 aromatic carbocycles. The summed E-state index contributed by atoms with van der Waals surface area (Å²) in [7, 11) is 0. The number of ether oxygens (including phenoxy) is 2. The van der Waals surface area contributed by atoms with Crippen molar-refractivity contribution in [1.82, 2.24) is 5.32 Å². The summed E-state index contributed by atoms with van der Waals surface area (Å²) in [6.45, 7) is 0.748. The summed E-state index contributed by atoms with van der Waals surface area (Å²) in [5.41, 5.74) is 1.04. The highest BCUT2D eigenvalue weighted by atomic mass is 16.6. The van der Waals surface area contributed by atoms with Crippen molar-refractivity contribution in [2.24, 2.45) is 0 Å². The lowest BCUT2D eigenvalue weighted by Gasteiger charge is -2.26.